The topological polar surface area (TPSA) is 78.9 Å². The summed E-state index contributed by atoms with van der Waals surface area (Å²) in [6.45, 7) is 5.20. The van der Waals surface area contributed by atoms with Crippen LogP contribution in [0.4, 0.5) is 0 Å². The molecule has 1 aliphatic rings. The highest BCUT2D eigenvalue weighted by atomic mass is 35.5. The van der Waals surface area contributed by atoms with Crippen molar-refractivity contribution in [2.75, 3.05) is 19.8 Å². The molecule has 1 aliphatic heterocycles. The number of ether oxygens (including phenoxy) is 3. The Hall–Kier alpha value is -1.56. The van der Waals surface area contributed by atoms with Crippen LogP contribution in [-0.2, 0) is 28.6 Å². The molecule has 1 heterocycles. The summed E-state index contributed by atoms with van der Waals surface area (Å²) in [5, 5.41) is 0.407. The molecule has 1 saturated heterocycles. The fraction of sp³-hybridized carbons (Fsp3) is 0.643. The molecule has 0 aromatic rings. The van der Waals surface area contributed by atoms with Gasteiger partial charge in [-0.3, -0.25) is 14.4 Å². The Labute approximate surface area is 128 Å². The van der Waals surface area contributed by atoms with Crippen LogP contribution in [0.1, 0.15) is 27.2 Å². The van der Waals surface area contributed by atoms with E-state index in [9.17, 15) is 14.4 Å². The lowest BCUT2D eigenvalue weighted by Gasteiger charge is -2.19. The molecule has 0 spiro atoms. The number of carbonyl (C=O) groups excluding carboxylic acids is 3. The summed E-state index contributed by atoms with van der Waals surface area (Å²) in [6.07, 6.45) is 0.475. The summed E-state index contributed by atoms with van der Waals surface area (Å²) >= 11 is 6.08. The molecular formula is C14H19ClO6. The van der Waals surface area contributed by atoms with Gasteiger partial charge in [0.2, 0.25) is 0 Å². The van der Waals surface area contributed by atoms with Crippen LogP contribution in [0.3, 0.4) is 0 Å². The van der Waals surface area contributed by atoms with E-state index in [0.717, 1.165) is 0 Å². The van der Waals surface area contributed by atoms with E-state index in [0.29, 0.717) is 17.0 Å². The largest absolute Gasteiger partial charge is 0.465 e. The van der Waals surface area contributed by atoms with E-state index in [1.54, 1.807) is 20.8 Å². The van der Waals surface area contributed by atoms with Gasteiger partial charge in [0, 0.05) is 5.03 Å². The van der Waals surface area contributed by atoms with Crippen molar-refractivity contribution in [2.24, 2.45) is 11.8 Å². The highest BCUT2D eigenvalue weighted by molar-refractivity contribution is 6.30. The minimum Gasteiger partial charge on any atom is -0.465 e. The molecule has 0 saturated carbocycles. The van der Waals surface area contributed by atoms with Crippen molar-refractivity contribution in [3.63, 3.8) is 0 Å². The van der Waals surface area contributed by atoms with Crippen LogP contribution in [0.25, 0.3) is 0 Å². The Bertz CT molecular complexity index is 438. The molecule has 0 aromatic carbocycles. The van der Waals surface area contributed by atoms with Crippen LogP contribution in [-0.4, -0.2) is 37.7 Å². The predicted octanol–water partition coefficient (Wildman–Crippen LogP) is 1.80. The number of esters is 3. The van der Waals surface area contributed by atoms with Gasteiger partial charge in [-0.25, -0.2) is 0 Å². The standard InChI is InChI=1S/C14H19ClO6/c1-4-9(15)8-7-21-12(16)10(8)11(13(17)19-5-2)14(18)20-6-3/h10-11H,4-7H2,1-3H3/b9-8-. The molecule has 21 heavy (non-hydrogen) atoms. The van der Waals surface area contributed by atoms with Crippen molar-refractivity contribution >= 4 is 29.5 Å². The first-order chi connectivity index (χ1) is 9.97. The van der Waals surface area contributed by atoms with Crippen LogP contribution < -0.4 is 0 Å². The van der Waals surface area contributed by atoms with Crippen molar-refractivity contribution in [3.05, 3.63) is 10.6 Å². The maximum atomic E-state index is 12.1. The number of carbonyl (C=O) groups is 3. The lowest BCUT2D eigenvalue weighted by Crippen LogP contribution is -2.37. The molecule has 7 heteroatoms. The summed E-state index contributed by atoms with van der Waals surface area (Å²) in [7, 11) is 0. The molecule has 118 valence electrons. The fourth-order valence-corrected chi connectivity index (χ4v) is 2.29. The third-order valence-corrected chi connectivity index (χ3v) is 3.58. The molecule has 1 rings (SSSR count). The number of hydrogen-bond acceptors (Lipinski definition) is 6. The van der Waals surface area contributed by atoms with E-state index in [1.807, 2.05) is 0 Å². The predicted molar refractivity (Wildman–Crippen MR) is 74.4 cm³/mol. The van der Waals surface area contributed by atoms with Gasteiger partial charge in [0.15, 0.2) is 5.92 Å². The lowest BCUT2D eigenvalue weighted by atomic mass is 9.86. The first kappa shape index (κ1) is 17.5. The van der Waals surface area contributed by atoms with Crippen molar-refractivity contribution in [3.8, 4) is 0 Å². The van der Waals surface area contributed by atoms with E-state index in [1.165, 1.54) is 0 Å². The molecule has 1 unspecified atom stereocenters. The van der Waals surface area contributed by atoms with Gasteiger partial charge in [0.05, 0.1) is 13.2 Å². The number of allylic oxidation sites excluding steroid dienone is 1. The monoisotopic (exact) mass is 318 g/mol. The second-order valence-electron chi connectivity index (χ2n) is 4.35. The van der Waals surface area contributed by atoms with Crippen molar-refractivity contribution < 1.29 is 28.6 Å². The summed E-state index contributed by atoms with van der Waals surface area (Å²) in [5.74, 6) is -4.73. The van der Waals surface area contributed by atoms with E-state index in [4.69, 9.17) is 25.8 Å². The molecule has 0 aromatic heterocycles. The van der Waals surface area contributed by atoms with Crippen LogP contribution in [0.5, 0.6) is 0 Å². The van der Waals surface area contributed by atoms with E-state index >= 15 is 0 Å². The van der Waals surface area contributed by atoms with Crippen LogP contribution in [0.2, 0.25) is 0 Å². The fourth-order valence-electron chi connectivity index (χ4n) is 2.11. The van der Waals surface area contributed by atoms with Crippen molar-refractivity contribution in [2.45, 2.75) is 27.2 Å². The average Bonchev–Trinajstić information content (AvgIpc) is 2.81. The molecule has 0 aliphatic carbocycles. The summed E-state index contributed by atoms with van der Waals surface area (Å²) in [4.78, 5) is 36.0. The first-order valence-electron chi connectivity index (χ1n) is 6.85. The maximum Gasteiger partial charge on any atom is 0.321 e. The Morgan fingerprint density at radius 2 is 1.76 bits per heavy atom. The molecule has 0 radical (unpaired) electrons. The van der Waals surface area contributed by atoms with Crippen molar-refractivity contribution in [1.82, 2.24) is 0 Å². The number of hydrogen-bond donors (Lipinski definition) is 0. The Kier molecular flexibility index (Phi) is 6.68. The molecule has 0 bridgehead atoms. The summed E-state index contributed by atoms with van der Waals surface area (Å²) in [6, 6.07) is 0. The quantitative estimate of drug-likeness (QED) is 0.422. The van der Waals surface area contributed by atoms with Gasteiger partial charge >= 0.3 is 17.9 Å². The molecular weight excluding hydrogens is 300 g/mol. The zero-order valence-electron chi connectivity index (χ0n) is 12.3. The normalized spacial score (nSPS) is 20.2. The van der Waals surface area contributed by atoms with E-state index in [-0.39, 0.29) is 19.8 Å². The third kappa shape index (κ3) is 3.97. The lowest BCUT2D eigenvalue weighted by molar-refractivity contribution is -0.167. The molecule has 6 nitrogen and oxygen atoms in total. The zero-order valence-corrected chi connectivity index (χ0v) is 13.1. The minimum atomic E-state index is -1.38. The smallest absolute Gasteiger partial charge is 0.321 e. The van der Waals surface area contributed by atoms with Gasteiger partial charge in [-0.15, -0.1) is 0 Å². The maximum absolute atomic E-state index is 12.1. The minimum absolute atomic E-state index is 0.0223. The SMILES string of the molecule is CCOC(=O)C(C(=O)OCC)C1C(=O)OC/C1=C(/Cl)CC. The molecule has 1 atom stereocenters. The molecule has 1 fully saturated rings. The van der Waals surface area contributed by atoms with Crippen molar-refractivity contribution in [1.29, 1.82) is 0 Å². The highest BCUT2D eigenvalue weighted by Gasteiger charge is 2.48. The highest BCUT2D eigenvalue weighted by Crippen LogP contribution is 2.34. The Balaban J connectivity index is 3.19. The van der Waals surface area contributed by atoms with Gasteiger partial charge in [-0.05, 0) is 25.8 Å². The van der Waals surface area contributed by atoms with Gasteiger partial charge in [0.25, 0.3) is 0 Å². The second kappa shape index (κ2) is 8.02. The van der Waals surface area contributed by atoms with Gasteiger partial charge in [0.1, 0.15) is 12.5 Å². The third-order valence-electron chi connectivity index (χ3n) is 3.07. The number of rotatable bonds is 6. The van der Waals surface area contributed by atoms with E-state index in [2.05, 4.69) is 0 Å². The summed E-state index contributed by atoms with van der Waals surface area (Å²) < 4.78 is 14.7. The van der Waals surface area contributed by atoms with Gasteiger partial charge in [-0.2, -0.15) is 0 Å². The number of halogens is 1. The number of cyclic esters (lactones) is 1. The van der Waals surface area contributed by atoms with Gasteiger partial charge in [-0.1, -0.05) is 18.5 Å². The van der Waals surface area contributed by atoms with Crippen LogP contribution >= 0.6 is 11.6 Å². The van der Waals surface area contributed by atoms with Crippen LogP contribution in [0, 0.1) is 11.8 Å². The molecule has 0 amide bonds. The zero-order chi connectivity index (χ0) is 16.0. The van der Waals surface area contributed by atoms with Crippen LogP contribution in [0.15, 0.2) is 10.6 Å². The second-order valence-corrected chi connectivity index (χ2v) is 4.81. The Morgan fingerprint density at radius 3 is 2.19 bits per heavy atom. The molecule has 0 N–H and O–H groups in total. The average molecular weight is 319 g/mol. The van der Waals surface area contributed by atoms with Gasteiger partial charge < -0.3 is 14.2 Å². The summed E-state index contributed by atoms with van der Waals surface area (Å²) in [5.41, 5.74) is 0.440. The Morgan fingerprint density at radius 1 is 1.24 bits per heavy atom. The van der Waals surface area contributed by atoms with E-state index < -0.39 is 29.7 Å². The first-order valence-corrected chi connectivity index (χ1v) is 7.22.